The summed E-state index contributed by atoms with van der Waals surface area (Å²) in [4.78, 5) is 13.8. The molecule has 0 fully saturated rings. The number of para-hydroxylation sites is 6. The SMILES string of the molecule is CN1C=Cc2ccccc2C1.CN1CC=Cc2ccccc21.CN1CCc2cc3c(cc21)CCC3.CN1Cc2cc3c(cc2C1)CCC3.CN1Cc2ccccc2-c2ccccc21.CN1c2ccccc2Cc2ccccc21.Cn1c2ccccc2c2ccccc21.Cn1ccc2cc3c(cc21)C=CC3.Cn1ccc2cc3c(cc21)CCC3. The second-order valence-corrected chi connectivity index (χ2v) is 33.7. The van der Waals surface area contributed by atoms with E-state index in [2.05, 4.69) is 410 Å². The average molecular weight is 1550 g/mol. The maximum Gasteiger partial charge on any atom is 0.0488 e. The topological polar surface area (TPSA) is 34.2 Å². The number of nitrogens with zero attached hydrogens (tertiary/aromatic N) is 9. The largest absolute Gasteiger partial charge is 0.376 e. The van der Waals surface area contributed by atoms with E-state index in [4.69, 9.17) is 0 Å². The molecule has 0 bridgehead atoms. The quantitative estimate of drug-likeness (QED) is 0.151. The number of rotatable bonds is 0. The summed E-state index contributed by atoms with van der Waals surface area (Å²) in [7, 11) is 19.2. The molecule has 0 saturated heterocycles. The van der Waals surface area contributed by atoms with Gasteiger partial charge in [-0.3, -0.25) is 4.90 Å². The van der Waals surface area contributed by atoms with Gasteiger partial charge in [0.15, 0.2) is 0 Å². The Kier molecular flexibility index (Phi) is 23.4. The van der Waals surface area contributed by atoms with Gasteiger partial charge in [-0.05, 0) is 280 Å². The summed E-state index contributed by atoms with van der Waals surface area (Å²) >= 11 is 0. The molecule has 0 atom stereocenters. The summed E-state index contributed by atoms with van der Waals surface area (Å²) in [6.07, 6.45) is 32.6. The zero-order valence-corrected chi connectivity index (χ0v) is 70.6. The molecule has 10 aliphatic rings. The molecule has 3 aromatic heterocycles. The van der Waals surface area contributed by atoms with Crippen LogP contribution in [0.3, 0.4) is 0 Å². The van der Waals surface area contributed by atoms with Crippen LogP contribution in [0.5, 0.6) is 0 Å². The van der Waals surface area contributed by atoms with Crippen LogP contribution in [-0.4, -0.2) is 78.9 Å². The lowest BCUT2D eigenvalue weighted by Gasteiger charge is -2.29. The molecule has 0 spiro atoms. The van der Waals surface area contributed by atoms with E-state index in [1.807, 2.05) is 0 Å². The molecule has 6 aliphatic heterocycles. The van der Waals surface area contributed by atoms with Gasteiger partial charge in [0.2, 0.25) is 0 Å². The lowest BCUT2D eigenvalue weighted by Crippen LogP contribution is -2.21. The van der Waals surface area contributed by atoms with Crippen LogP contribution in [0.25, 0.3) is 73.0 Å². The van der Waals surface area contributed by atoms with Crippen molar-refractivity contribution in [1.82, 2.24) is 23.5 Å². The standard InChI is InChI=1S/2C14H13N.C13H11N.2C12H15N.C12H13N.C12H11N.2C10H11N/c1-15-13-8-4-2-6-11(13)10-12-7-3-5-9-14(12)15;1-15-10-11-6-2-3-7-12(11)13-8-4-5-9-14(13)15;1-14-12-8-4-2-6-10(12)11-7-3-5-9-13(11)14;1-13-7-11-5-9-3-2-4-10(9)6-12(11)8-13;3*1-13-6-5-11-7-9-3-2-4-10(9)8-12(11)13;1-11-8-4-6-9-5-2-3-7-10(9)11;1-11-7-6-9-4-2-3-5-10(9)8-11/h2*2-9H,10H2,1H3;2-9H,1H3;5-6H,2-4,7-8H2,1H3;7-8H,2-6H2,1H3;5-8H,2-4H2,1H3;2,4-8H,3H2,1H3;2*2-7H,8H2,1H3. The van der Waals surface area contributed by atoms with Crippen LogP contribution >= 0.6 is 0 Å². The van der Waals surface area contributed by atoms with E-state index in [0.717, 1.165) is 45.6 Å². The minimum atomic E-state index is 1.01. The molecule has 15 aromatic rings. The van der Waals surface area contributed by atoms with Crippen LogP contribution in [0.2, 0.25) is 0 Å². The zero-order chi connectivity index (χ0) is 80.8. The molecular weight excluding hydrogens is 1440 g/mol. The summed E-state index contributed by atoms with van der Waals surface area (Å²) < 4.78 is 6.61. The maximum absolute atomic E-state index is 2.45. The molecule has 9 heteroatoms. The van der Waals surface area contributed by atoms with E-state index in [-0.39, 0.29) is 0 Å². The Balaban J connectivity index is 0.0000000953. The van der Waals surface area contributed by atoms with Crippen LogP contribution in [0.15, 0.2) is 286 Å². The highest BCUT2D eigenvalue weighted by atomic mass is 15.1. The number of fused-ring (bicyclic) bond motifs is 18. The van der Waals surface area contributed by atoms with E-state index in [1.165, 1.54) is 198 Å². The van der Waals surface area contributed by atoms with Gasteiger partial charge in [0.05, 0.1) is 0 Å². The normalized spacial score (nSPS) is 15.0. The molecule has 0 N–H and O–H groups in total. The predicted octanol–water partition coefficient (Wildman–Crippen LogP) is 23.9. The van der Waals surface area contributed by atoms with Crippen LogP contribution in [0.4, 0.5) is 28.4 Å². The summed E-state index contributed by atoms with van der Waals surface area (Å²) in [5.41, 5.74) is 40.3. The van der Waals surface area contributed by atoms with Crippen LogP contribution in [0, 0.1) is 0 Å². The van der Waals surface area contributed by atoms with E-state index in [1.54, 1.807) is 50.1 Å². The molecule has 0 unspecified atom stereocenters. The molecule has 594 valence electrons. The molecule has 0 radical (unpaired) electrons. The van der Waals surface area contributed by atoms with Crippen molar-refractivity contribution in [3.05, 3.63) is 380 Å². The van der Waals surface area contributed by atoms with Crippen molar-refractivity contribution in [2.75, 3.05) is 75.0 Å². The average Bonchev–Trinajstić information content (AvgIpc) is 1.66. The Morgan fingerprint density at radius 1 is 0.280 bits per heavy atom. The summed E-state index contributed by atoms with van der Waals surface area (Å²) in [5.74, 6) is 0. The van der Waals surface area contributed by atoms with E-state index in [9.17, 15) is 0 Å². The number of aromatic nitrogens is 3. The fourth-order valence-corrected chi connectivity index (χ4v) is 19.2. The van der Waals surface area contributed by atoms with Gasteiger partial charge >= 0.3 is 0 Å². The predicted molar refractivity (Wildman–Crippen MR) is 504 cm³/mol. The van der Waals surface area contributed by atoms with Crippen molar-refractivity contribution in [2.45, 2.75) is 103 Å². The lowest BCUT2D eigenvalue weighted by atomic mass is 9.94. The van der Waals surface area contributed by atoms with Gasteiger partial charge in [-0.2, -0.15) is 0 Å². The smallest absolute Gasteiger partial charge is 0.0488 e. The first-order valence-electron chi connectivity index (χ1n) is 42.8. The first-order chi connectivity index (χ1) is 57.7. The monoisotopic (exact) mass is 1550 g/mol. The molecule has 25 rings (SSSR count). The zero-order valence-electron chi connectivity index (χ0n) is 70.6. The fraction of sp³-hybridized carbons (Fsp3) is 0.248. The van der Waals surface area contributed by atoms with Gasteiger partial charge in [-0.25, -0.2) is 0 Å². The van der Waals surface area contributed by atoms with Crippen molar-refractivity contribution in [3.63, 3.8) is 0 Å². The summed E-state index contributed by atoms with van der Waals surface area (Å²) in [6.45, 7) is 6.58. The number of aryl methyl sites for hydroxylation is 9. The third kappa shape index (κ3) is 17.0. The second kappa shape index (κ2) is 35.3. The molecular formula is C109H113N9. The Hall–Kier alpha value is -12.3. The highest BCUT2D eigenvalue weighted by Gasteiger charge is 2.24. The van der Waals surface area contributed by atoms with Crippen molar-refractivity contribution in [2.24, 2.45) is 21.1 Å². The van der Waals surface area contributed by atoms with Crippen molar-refractivity contribution < 1.29 is 0 Å². The number of benzene rings is 12. The van der Waals surface area contributed by atoms with Gasteiger partial charge in [0.25, 0.3) is 0 Å². The van der Waals surface area contributed by atoms with E-state index < -0.39 is 0 Å². The van der Waals surface area contributed by atoms with E-state index in [0.29, 0.717) is 0 Å². The Morgan fingerprint density at radius 2 is 0.763 bits per heavy atom. The number of hydrogen-bond donors (Lipinski definition) is 0. The highest BCUT2D eigenvalue weighted by Crippen LogP contribution is 2.41. The minimum absolute atomic E-state index is 1.01. The molecule has 9 nitrogen and oxygen atoms in total. The van der Waals surface area contributed by atoms with Crippen LogP contribution < -0.4 is 19.6 Å². The molecule has 118 heavy (non-hydrogen) atoms. The van der Waals surface area contributed by atoms with Gasteiger partial charge in [0, 0.05) is 181 Å². The van der Waals surface area contributed by atoms with Crippen molar-refractivity contribution >= 4 is 90.3 Å². The fourth-order valence-electron chi connectivity index (χ4n) is 19.2. The first-order valence-corrected chi connectivity index (χ1v) is 42.8. The van der Waals surface area contributed by atoms with Crippen molar-refractivity contribution in [1.29, 1.82) is 0 Å². The minimum Gasteiger partial charge on any atom is -0.376 e. The first kappa shape index (κ1) is 78.2. The summed E-state index contributed by atoms with van der Waals surface area (Å²) in [6, 6.07) is 91.8. The summed E-state index contributed by atoms with van der Waals surface area (Å²) in [5, 5.41) is 5.42. The van der Waals surface area contributed by atoms with Gasteiger partial charge in [-0.1, -0.05) is 200 Å². The van der Waals surface area contributed by atoms with Crippen molar-refractivity contribution in [3.8, 4) is 11.1 Å². The van der Waals surface area contributed by atoms with Gasteiger partial charge in [-0.15, -0.1) is 0 Å². The van der Waals surface area contributed by atoms with Gasteiger partial charge in [0.1, 0.15) is 0 Å². The van der Waals surface area contributed by atoms with Crippen LogP contribution in [0.1, 0.15) is 114 Å². The Bertz CT molecular complexity index is 6090. The Labute approximate surface area is 700 Å². The Morgan fingerprint density at radius 3 is 1.39 bits per heavy atom. The molecule has 12 aromatic carbocycles. The lowest BCUT2D eigenvalue weighted by molar-refractivity contribution is 0.353. The number of allylic oxidation sites excluding steroid dienone is 1. The van der Waals surface area contributed by atoms with Gasteiger partial charge < -0.3 is 38.2 Å². The molecule has 4 aliphatic carbocycles. The second-order valence-electron chi connectivity index (χ2n) is 33.7. The highest BCUT2D eigenvalue weighted by molar-refractivity contribution is 6.08. The maximum atomic E-state index is 2.45. The molecule has 9 heterocycles. The molecule has 0 saturated carbocycles. The van der Waals surface area contributed by atoms with E-state index >= 15 is 0 Å². The number of anilines is 5. The molecule has 0 amide bonds. The number of hydrogen-bond acceptors (Lipinski definition) is 6. The third-order valence-corrected chi connectivity index (χ3v) is 25.5. The number of likely N-dealkylation sites (N-methyl/N-ethyl adjacent to an activating group) is 2. The van der Waals surface area contributed by atoms with Crippen LogP contribution in [-0.2, 0) is 105 Å². The third-order valence-electron chi connectivity index (χ3n) is 25.5.